The van der Waals surface area contributed by atoms with Gasteiger partial charge in [-0.3, -0.25) is 4.79 Å². The van der Waals surface area contributed by atoms with Crippen LogP contribution >= 0.6 is 11.3 Å². The first-order valence-electron chi connectivity index (χ1n) is 6.49. The van der Waals surface area contributed by atoms with Gasteiger partial charge < -0.3 is 9.88 Å². The molecule has 0 spiro atoms. The van der Waals surface area contributed by atoms with Crippen molar-refractivity contribution >= 4 is 17.2 Å². The van der Waals surface area contributed by atoms with Gasteiger partial charge in [-0.1, -0.05) is 0 Å². The number of amides is 1. The highest BCUT2D eigenvalue weighted by molar-refractivity contribution is 7.12. The maximum absolute atomic E-state index is 12.3. The zero-order chi connectivity index (χ0) is 13.4. The number of likely N-dealkylation sites (tertiary alicyclic amines) is 1. The second kappa shape index (κ2) is 4.81. The highest BCUT2D eigenvalue weighted by Crippen LogP contribution is 2.27. The molecule has 1 amide bonds. The number of thiophene rings is 1. The molecule has 4 nitrogen and oxygen atoms in total. The molecule has 100 valence electrons. The highest BCUT2D eigenvalue weighted by atomic mass is 32.1. The smallest absolute Gasteiger partial charge is 0.263 e. The van der Waals surface area contributed by atoms with E-state index in [1.54, 1.807) is 0 Å². The monoisotopic (exact) mass is 275 g/mol. The van der Waals surface area contributed by atoms with Gasteiger partial charge in [-0.15, -0.1) is 11.3 Å². The van der Waals surface area contributed by atoms with Crippen LogP contribution in [-0.4, -0.2) is 33.9 Å². The molecular formula is C14H17N3OS. The van der Waals surface area contributed by atoms with Crippen molar-refractivity contribution in [2.24, 2.45) is 0 Å². The number of rotatable bonds is 2. The van der Waals surface area contributed by atoms with E-state index in [9.17, 15) is 4.79 Å². The number of hydrogen-bond donors (Lipinski definition) is 1. The molecule has 0 radical (unpaired) electrons. The van der Waals surface area contributed by atoms with Crippen LogP contribution in [0.4, 0.5) is 0 Å². The van der Waals surface area contributed by atoms with E-state index < -0.39 is 0 Å². The Kier molecular flexibility index (Phi) is 3.14. The zero-order valence-electron chi connectivity index (χ0n) is 11.1. The fraction of sp³-hybridized carbons (Fsp3) is 0.429. The van der Waals surface area contributed by atoms with Crippen LogP contribution in [0, 0.1) is 13.8 Å². The standard InChI is InChI=1S/C14H17N3OS/c1-9-5-12(19-8-9)14(18)17-4-3-11(7-17)13-15-6-10(2)16-13/h5-6,8,11H,3-4,7H2,1-2H3,(H,15,16)/t11-/m1/s1. The molecule has 1 N–H and O–H groups in total. The van der Waals surface area contributed by atoms with Gasteiger partial charge >= 0.3 is 0 Å². The van der Waals surface area contributed by atoms with Gasteiger partial charge in [0.25, 0.3) is 5.91 Å². The zero-order valence-corrected chi connectivity index (χ0v) is 12.0. The van der Waals surface area contributed by atoms with E-state index in [-0.39, 0.29) is 5.91 Å². The second-order valence-corrected chi connectivity index (χ2v) is 6.09. The molecule has 3 rings (SSSR count). The predicted octanol–water partition coefficient (Wildman–Crippen LogP) is 2.72. The molecule has 2 aromatic rings. The van der Waals surface area contributed by atoms with Crippen LogP contribution in [0.5, 0.6) is 0 Å². The summed E-state index contributed by atoms with van der Waals surface area (Å²) in [5.74, 6) is 1.51. The van der Waals surface area contributed by atoms with Gasteiger partial charge in [-0.2, -0.15) is 0 Å². The van der Waals surface area contributed by atoms with E-state index in [4.69, 9.17) is 0 Å². The van der Waals surface area contributed by atoms with Crippen LogP contribution in [0.3, 0.4) is 0 Å². The fourth-order valence-corrected chi connectivity index (χ4v) is 3.37. The van der Waals surface area contributed by atoms with Crippen molar-refractivity contribution in [3.05, 3.63) is 39.6 Å². The van der Waals surface area contributed by atoms with Crippen molar-refractivity contribution in [3.8, 4) is 0 Å². The first kappa shape index (κ1) is 12.4. The number of aryl methyl sites for hydroxylation is 2. The van der Waals surface area contributed by atoms with Crippen molar-refractivity contribution in [1.29, 1.82) is 0 Å². The van der Waals surface area contributed by atoms with Gasteiger partial charge in [-0.25, -0.2) is 4.98 Å². The van der Waals surface area contributed by atoms with Crippen molar-refractivity contribution < 1.29 is 4.79 Å². The molecule has 0 aliphatic carbocycles. The first-order chi connectivity index (χ1) is 9.13. The van der Waals surface area contributed by atoms with Crippen LogP contribution < -0.4 is 0 Å². The minimum atomic E-state index is 0.156. The lowest BCUT2D eigenvalue weighted by atomic mass is 10.1. The lowest BCUT2D eigenvalue weighted by molar-refractivity contribution is 0.0795. The van der Waals surface area contributed by atoms with Crippen molar-refractivity contribution in [2.45, 2.75) is 26.2 Å². The Morgan fingerprint density at radius 2 is 2.37 bits per heavy atom. The molecule has 1 atom stereocenters. The van der Waals surface area contributed by atoms with Crippen molar-refractivity contribution in [2.75, 3.05) is 13.1 Å². The lowest BCUT2D eigenvalue weighted by Crippen LogP contribution is -2.27. The summed E-state index contributed by atoms with van der Waals surface area (Å²) in [5, 5.41) is 2.02. The lowest BCUT2D eigenvalue weighted by Gasteiger charge is -2.14. The Hall–Kier alpha value is -1.62. The van der Waals surface area contributed by atoms with Crippen molar-refractivity contribution in [1.82, 2.24) is 14.9 Å². The largest absolute Gasteiger partial charge is 0.346 e. The van der Waals surface area contributed by atoms with Crippen LogP contribution in [0.1, 0.15) is 39.1 Å². The third kappa shape index (κ3) is 2.42. The number of carbonyl (C=O) groups excluding carboxylic acids is 1. The number of nitrogens with one attached hydrogen (secondary N) is 1. The number of carbonyl (C=O) groups is 1. The van der Waals surface area contributed by atoms with Crippen LogP contribution in [-0.2, 0) is 0 Å². The van der Waals surface area contributed by atoms with Crippen LogP contribution in [0.2, 0.25) is 0 Å². The molecule has 0 saturated carbocycles. The van der Waals surface area contributed by atoms with E-state index in [1.165, 1.54) is 11.3 Å². The van der Waals surface area contributed by atoms with Crippen molar-refractivity contribution in [3.63, 3.8) is 0 Å². The molecule has 0 unspecified atom stereocenters. The third-order valence-electron chi connectivity index (χ3n) is 3.53. The maximum atomic E-state index is 12.3. The number of H-pyrrole nitrogens is 1. The number of hydrogen-bond acceptors (Lipinski definition) is 3. The van der Waals surface area contributed by atoms with Gasteiger partial charge in [0.1, 0.15) is 5.82 Å². The molecule has 0 bridgehead atoms. The molecule has 3 heterocycles. The second-order valence-electron chi connectivity index (χ2n) is 5.18. The first-order valence-corrected chi connectivity index (χ1v) is 7.37. The average Bonchev–Trinajstić information content (AvgIpc) is 3.07. The molecular weight excluding hydrogens is 258 g/mol. The molecule has 2 aromatic heterocycles. The summed E-state index contributed by atoms with van der Waals surface area (Å²) in [6, 6.07) is 1.97. The number of aromatic nitrogens is 2. The maximum Gasteiger partial charge on any atom is 0.263 e. The molecule has 1 saturated heterocycles. The van der Waals surface area contributed by atoms with Gasteiger partial charge in [0.05, 0.1) is 4.88 Å². The third-order valence-corrected chi connectivity index (χ3v) is 4.56. The molecule has 1 aliphatic heterocycles. The summed E-state index contributed by atoms with van der Waals surface area (Å²) in [7, 11) is 0. The van der Waals surface area contributed by atoms with E-state index in [0.29, 0.717) is 5.92 Å². The quantitative estimate of drug-likeness (QED) is 0.916. The summed E-state index contributed by atoms with van der Waals surface area (Å²) in [5.41, 5.74) is 2.24. The minimum absolute atomic E-state index is 0.156. The SMILES string of the molecule is Cc1csc(C(=O)N2CC[C@@H](c3ncc(C)[nH]3)C2)c1. The summed E-state index contributed by atoms with van der Waals surface area (Å²) < 4.78 is 0. The minimum Gasteiger partial charge on any atom is -0.346 e. The molecule has 19 heavy (non-hydrogen) atoms. The van der Waals surface area contributed by atoms with E-state index >= 15 is 0 Å². The Balaban J connectivity index is 1.70. The Labute approximate surface area is 116 Å². The van der Waals surface area contributed by atoms with Gasteiger partial charge in [0, 0.05) is 30.9 Å². The number of nitrogens with zero attached hydrogens (tertiary/aromatic N) is 2. The summed E-state index contributed by atoms with van der Waals surface area (Å²) in [6.07, 6.45) is 2.84. The van der Waals surface area contributed by atoms with Crippen LogP contribution in [0.15, 0.2) is 17.6 Å². The highest BCUT2D eigenvalue weighted by Gasteiger charge is 2.29. The molecule has 5 heteroatoms. The Morgan fingerprint density at radius 1 is 1.53 bits per heavy atom. The van der Waals surface area contributed by atoms with Gasteiger partial charge in [0.2, 0.25) is 0 Å². The predicted molar refractivity (Wildman–Crippen MR) is 75.6 cm³/mol. The fourth-order valence-electron chi connectivity index (χ4n) is 2.51. The van der Waals surface area contributed by atoms with Gasteiger partial charge in [-0.05, 0) is 37.3 Å². The summed E-state index contributed by atoms with van der Waals surface area (Å²) >= 11 is 1.53. The van der Waals surface area contributed by atoms with Gasteiger partial charge in [0.15, 0.2) is 0 Å². The Morgan fingerprint density at radius 3 is 3.00 bits per heavy atom. The molecule has 1 fully saturated rings. The summed E-state index contributed by atoms with van der Waals surface area (Å²) in [4.78, 5) is 22.8. The normalized spacial score (nSPS) is 19.1. The summed E-state index contributed by atoms with van der Waals surface area (Å²) in [6.45, 7) is 5.61. The molecule has 1 aliphatic rings. The van der Waals surface area contributed by atoms with E-state index in [0.717, 1.165) is 41.5 Å². The topological polar surface area (TPSA) is 49.0 Å². The molecule has 0 aromatic carbocycles. The average molecular weight is 275 g/mol. The number of imidazole rings is 1. The Bertz CT molecular complexity index is 601. The van der Waals surface area contributed by atoms with E-state index in [1.807, 2.05) is 36.4 Å². The van der Waals surface area contributed by atoms with Crippen LogP contribution in [0.25, 0.3) is 0 Å². The number of aromatic amines is 1. The van der Waals surface area contributed by atoms with E-state index in [2.05, 4.69) is 9.97 Å².